The number of hydrazone groups is 1. The van der Waals surface area contributed by atoms with Gasteiger partial charge in [0.2, 0.25) is 11.8 Å². The van der Waals surface area contributed by atoms with Crippen LogP contribution < -0.4 is 4.90 Å². The number of pyridine rings is 1. The summed E-state index contributed by atoms with van der Waals surface area (Å²) < 4.78 is 0. The number of amides is 3. The molecule has 3 amide bonds. The molecule has 9 nitrogen and oxygen atoms in total. The second-order valence-corrected chi connectivity index (χ2v) is 8.82. The molecule has 3 aliphatic rings. The minimum absolute atomic E-state index is 0.0579. The van der Waals surface area contributed by atoms with E-state index < -0.39 is 0 Å². The molecule has 1 unspecified atom stereocenters. The maximum Gasteiger partial charge on any atom is 0.270 e. The van der Waals surface area contributed by atoms with Gasteiger partial charge in [-0.15, -0.1) is 0 Å². The van der Waals surface area contributed by atoms with E-state index in [0.717, 1.165) is 57.8 Å². The van der Waals surface area contributed by atoms with Crippen LogP contribution >= 0.6 is 0 Å². The van der Waals surface area contributed by atoms with Gasteiger partial charge in [0.05, 0.1) is 0 Å². The van der Waals surface area contributed by atoms with E-state index in [1.807, 2.05) is 28.0 Å². The van der Waals surface area contributed by atoms with Crippen LogP contribution in [0, 0.1) is 5.92 Å². The molecule has 172 valence electrons. The van der Waals surface area contributed by atoms with Crippen molar-refractivity contribution >= 4 is 29.3 Å². The highest BCUT2D eigenvalue weighted by Gasteiger charge is 2.30. The lowest BCUT2D eigenvalue weighted by atomic mass is 9.92. The summed E-state index contributed by atoms with van der Waals surface area (Å²) in [6, 6.07) is 5.89. The number of rotatable bonds is 5. The third kappa shape index (κ3) is 5.26. The minimum atomic E-state index is -0.0639. The van der Waals surface area contributed by atoms with E-state index in [-0.39, 0.29) is 17.7 Å². The molecule has 0 N–H and O–H groups in total. The zero-order valence-corrected chi connectivity index (χ0v) is 18.8. The fourth-order valence-electron chi connectivity index (χ4n) is 4.70. The van der Waals surface area contributed by atoms with Gasteiger partial charge in [0.1, 0.15) is 11.5 Å². The minimum Gasteiger partial charge on any atom is -0.353 e. The largest absolute Gasteiger partial charge is 0.353 e. The van der Waals surface area contributed by atoms with Gasteiger partial charge in [0.25, 0.3) is 5.91 Å². The Morgan fingerprint density at radius 1 is 1.06 bits per heavy atom. The number of aromatic nitrogens is 1. The maximum atomic E-state index is 12.9. The molecule has 0 radical (unpaired) electrons. The molecule has 9 heteroatoms. The molecule has 0 bridgehead atoms. The van der Waals surface area contributed by atoms with Gasteiger partial charge in [0, 0.05) is 71.8 Å². The molecular formula is C23H32N6O3. The number of piperazine rings is 1. The third-order valence-corrected chi connectivity index (χ3v) is 6.63. The van der Waals surface area contributed by atoms with Gasteiger partial charge in [-0.05, 0) is 37.3 Å². The van der Waals surface area contributed by atoms with Crippen molar-refractivity contribution in [3.8, 4) is 0 Å². The number of piperidine rings is 1. The predicted octanol–water partition coefficient (Wildman–Crippen LogP) is 1.36. The lowest BCUT2D eigenvalue weighted by Crippen LogP contribution is -2.49. The molecule has 0 saturated carbocycles. The van der Waals surface area contributed by atoms with Crippen molar-refractivity contribution in [2.45, 2.75) is 38.5 Å². The zero-order chi connectivity index (χ0) is 22.5. The SMILES string of the molecule is CN1N=C(C(=O)N2CCCC(CCC(=O)N3CCN(c4ccccn4)CC3)C2)CCC1=O. The molecule has 1 aromatic rings. The normalized spacial score (nSPS) is 22.1. The molecule has 2 fully saturated rings. The number of carbonyl (C=O) groups is 3. The van der Waals surface area contributed by atoms with E-state index in [1.165, 1.54) is 5.01 Å². The van der Waals surface area contributed by atoms with E-state index in [2.05, 4.69) is 15.0 Å². The quantitative estimate of drug-likeness (QED) is 0.690. The van der Waals surface area contributed by atoms with E-state index >= 15 is 0 Å². The molecule has 2 saturated heterocycles. The summed E-state index contributed by atoms with van der Waals surface area (Å²) >= 11 is 0. The monoisotopic (exact) mass is 440 g/mol. The molecule has 1 aromatic heterocycles. The maximum absolute atomic E-state index is 12.9. The summed E-state index contributed by atoms with van der Waals surface area (Å²) in [7, 11) is 1.59. The van der Waals surface area contributed by atoms with Crippen LogP contribution in [0.25, 0.3) is 0 Å². The Balaban J connectivity index is 1.23. The topological polar surface area (TPSA) is 89.4 Å². The van der Waals surface area contributed by atoms with Crippen molar-refractivity contribution in [2.24, 2.45) is 11.0 Å². The van der Waals surface area contributed by atoms with Crippen LogP contribution in [0.5, 0.6) is 0 Å². The van der Waals surface area contributed by atoms with Gasteiger partial charge in [-0.25, -0.2) is 9.99 Å². The second kappa shape index (κ2) is 10.1. The van der Waals surface area contributed by atoms with Crippen molar-refractivity contribution < 1.29 is 14.4 Å². The van der Waals surface area contributed by atoms with Gasteiger partial charge < -0.3 is 14.7 Å². The molecule has 3 aliphatic heterocycles. The Bertz CT molecular complexity index is 866. The Morgan fingerprint density at radius 2 is 1.88 bits per heavy atom. The van der Waals surface area contributed by atoms with Crippen LogP contribution in [0.2, 0.25) is 0 Å². The first-order chi connectivity index (χ1) is 15.5. The molecule has 1 atom stereocenters. The van der Waals surface area contributed by atoms with Gasteiger partial charge in [0.15, 0.2) is 0 Å². The summed E-state index contributed by atoms with van der Waals surface area (Å²) in [5.74, 6) is 1.37. The number of likely N-dealkylation sites (tertiary alicyclic amines) is 1. The second-order valence-electron chi connectivity index (χ2n) is 8.82. The molecular weight excluding hydrogens is 408 g/mol. The van der Waals surface area contributed by atoms with Gasteiger partial charge in [-0.3, -0.25) is 14.4 Å². The van der Waals surface area contributed by atoms with Crippen LogP contribution in [0.4, 0.5) is 5.82 Å². The Morgan fingerprint density at radius 3 is 2.59 bits per heavy atom. The highest BCUT2D eigenvalue weighted by atomic mass is 16.2. The number of anilines is 1. The van der Waals surface area contributed by atoms with Crippen molar-refractivity contribution in [3.05, 3.63) is 24.4 Å². The highest BCUT2D eigenvalue weighted by Crippen LogP contribution is 2.23. The van der Waals surface area contributed by atoms with Crippen molar-refractivity contribution in [2.75, 3.05) is 51.2 Å². The van der Waals surface area contributed by atoms with Crippen LogP contribution in [-0.2, 0) is 14.4 Å². The number of nitrogens with zero attached hydrogens (tertiary/aromatic N) is 6. The fraction of sp³-hybridized carbons (Fsp3) is 0.609. The lowest BCUT2D eigenvalue weighted by molar-refractivity contribution is -0.132. The fourth-order valence-corrected chi connectivity index (χ4v) is 4.70. The Kier molecular flexibility index (Phi) is 7.02. The smallest absolute Gasteiger partial charge is 0.270 e. The van der Waals surface area contributed by atoms with Crippen LogP contribution in [0.15, 0.2) is 29.5 Å². The number of hydrogen-bond donors (Lipinski definition) is 0. The highest BCUT2D eigenvalue weighted by molar-refractivity contribution is 6.39. The van der Waals surface area contributed by atoms with Crippen molar-refractivity contribution in [3.63, 3.8) is 0 Å². The summed E-state index contributed by atoms with van der Waals surface area (Å²) in [6.07, 6.45) is 5.84. The standard InChI is InChI=1S/C23H32N6O3/c1-26-21(30)10-8-19(25-26)23(32)29-12-4-5-18(17-29)7-9-22(31)28-15-13-27(14-16-28)20-6-2-3-11-24-20/h2-3,6,11,18H,4-5,7-10,12-17H2,1H3. The number of carbonyl (C=O) groups excluding carboxylic acids is 3. The van der Waals surface area contributed by atoms with E-state index in [0.29, 0.717) is 37.4 Å². The summed E-state index contributed by atoms with van der Waals surface area (Å²) in [5, 5.41) is 5.44. The lowest BCUT2D eigenvalue weighted by Gasteiger charge is -2.36. The first-order valence-corrected chi connectivity index (χ1v) is 11.6. The third-order valence-electron chi connectivity index (χ3n) is 6.63. The van der Waals surface area contributed by atoms with Crippen molar-refractivity contribution in [1.82, 2.24) is 19.8 Å². The van der Waals surface area contributed by atoms with Crippen LogP contribution in [0.3, 0.4) is 0 Å². The Hall–Kier alpha value is -2.97. The Labute approximate surface area is 189 Å². The predicted molar refractivity (Wildman–Crippen MR) is 121 cm³/mol. The van der Waals surface area contributed by atoms with Gasteiger partial charge in [-0.2, -0.15) is 5.10 Å². The molecule has 32 heavy (non-hydrogen) atoms. The molecule has 0 aliphatic carbocycles. The first kappa shape index (κ1) is 22.2. The number of hydrogen-bond acceptors (Lipinski definition) is 6. The molecule has 4 heterocycles. The molecule has 0 aromatic carbocycles. The first-order valence-electron chi connectivity index (χ1n) is 11.6. The molecule has 0 spiro atoms. The summed E-state index contributed by atoms with van der Waals surface area (Å²) in [4.78, 5) is 47.7. The van der Waals surface area contributed by atoms with E-state index in [9.17, 15) is 14.4 Å². The molecule has 4 rings (SSSR count). The summed E-state index contributed by atoms with van der Waals surface area (Å²) in [6.45, 7) is 4.42. The summed E-state index contributed by atoms with van der Waals surface area (Å²) in [5.41, 5.74) is 0.467. The average molecular weight is 441 g/mol. The average Bonchev–Trinajstić information content (AvgIpc) is 2.84. The van der Waals surface area contributed by atoms with E-state index in [1.54, 1.807) is 13.2 Å². The van der Waals surface area contributed by atoms with Crippen molar-refractivity contribution in [1.29, 1.82) is 0 Å². The van der Waals surface area contributed by atoms with Gasteiger partial charge >= 0.3 is 0 Å². The van der Waals surface area contributed by atoms with Crippen LogP contribution in [-0.4, -0.2) is 89.5 Å². The van der Waals surface area contributed by atoms with Crippen LogP contribution in [0.1, 0.15) is 38.5 Å². The van der Waals surface area contributed by atoms with E-state index in [4.69, 9.17) is 0 Å². The van der Waals surface area contributed by atoms with Gasteiger partial charge in [-0.1, -0.05) is 6.07 Å². The zero-order valence-electron chi connectivity index (χ0n) is 18.8.